The van der Waals surface area contributed by atoms with Crippen LogP contribution in [0.1, 0.15) is 43.2 Å². The van der Waals surface area contributed by atoms with Gasteiger partial charge in [-0.1, -0.05) is 58.4 Å². The van der Waals surface area contributed by atoms with E-state index in [1.54, 1.807) is 0 Å². The van der Waals surface area contributed by atoms with E-state index in [2.05, 4.69) is 21.2 Å². The second kappa shape index (κ2) is 8.37. The quantitative estimate of drug-likeness (QED) is 0.652. The zero-order valence-corrected chi connectivity index (χ0v) is 17.8. The highest BCUT2D eigenvalue weighted by Gasteiger charge is 2.39. The number of rotatable bonds is 4. The summed E-state index contributed by atoms with van der Waals surface area (Å²) in [7, 11) is 0. The number of allylic oxidation sites excluding steroid dienone is 3. The minimum absolute atomic E-state index is 0.101. The molecule has 0 fully saturated rings. The van der Waals surface area contributed by atoms with Crippen molar-refractivity contribution < 1.29 is 14.3 Å². The molecule has 0 bridgehead atoms. The third-order valence-electron chi connectivity index (χ3n) is 5.39. The van der Waals surface area contributed by atoms with Gasteiger partial charge in [-0.15, -0.1) is 0 Å². The van der Waals surface area contributed by atoms with E-state index in [9.17, 15) is 9.59 Å². The molecular formula is C24H22BrNO3. The Morgan fingerprint density at radius 3 is 2.69 bits per heavy atom. The van der Waals surface area contributed by atoms with Gasteiger partial charge in [0, 0.05) is 33.8 Å². The fourth-order valence-corrected chi connectivity index (χ4v) is 4.49. The van der Waals surface area contributed by atoms with Gasteiger partial charge >= 0.3 is 5.97 Å². The van der Waals surface area contributed by atoms with Crippen LogP contribution in [0.3, 0.4) is 0 Å². The number of halogens is 1. The molecule has 1 atom stereocenters. The number of carbonyl (C=O) groups is 2. The van der Waals surface area contributed by atoms with Crippen molar-refractivity contribution >= 4 is 27.7 Å². The molecule has 0 unspecified atom stereocenters. The van der Waals surface area contributed by atoms with E-state index in [4.69, 9.17) is 4.74 Å². The standard InChI is InChI=1S/C24H22BrNO3/c1-15-21(24(28)29-14-16-7-3-2-4-8-16)22(17-9-5-10-18(25)13-17)23-19(26-15)11-6-12-20(23)27/h2-5,7-10,13,22,26H,6,11-12,14H2,1H3/t22-/m0/s1. The van der Waals surface area contributed by atoms with Crippen molar-refractivity contribution in [3.63, 3.8) is 0 Å². The molecular weight excluding hydrogens is 430 g/mol. The number of Topliss-reactive ketones (excluding diaryl/α,β-unsaturated/α-hetero) is 1. The number of ether oxygens (including phenoxy) is 1. The first-order valence-electron chi connectivity index (χ1n) is 9.75. The Labute approximate surface area is 178 Å². The molecule has 1 N–H and O–H groups in total. The highest BCUT2D eigenvalue weighted by molar-refractivity contribution is 9.10. The zero-order valence-electron chi connectivity index (χ0n) is 16.2. The maximum atomic E-state index is 13.2. The van der Waals surface area contributed by atoms with Gasteiger partial charge in [-0.25, -0.2) is 4.79 Å². The van der Waals surface area contributed by atoms with E-state index in [1.165, 1.54) is 0 Å². The molecule has 0 amide bonds. The van der Waals surface area contributed by atoms with Crippen LogP contribution >= 0.6 is 15.9 Å². The molecule has 2 aromatic rings. The van der Waals surface area contributed by atoms with Crippen molar-refractivity contribution in [1.29, 1.82) is 0 Å². The molecule has 0 aromatic heterocycles. The van der Waals surface area contributed by atoms with Crippen LogP contribution in [0.5, 0.6) is 0 Å². The Morgan fingerprint density at radius 2 is 1.93 bits per heavy atom. The molecule has 0 spiro atoms. The Morgan fingerprint density at radius 1 is 1.14 bits per heavy atom. The van der Waals surface area contributed by atoms with Crippen molar-refractivity contribution in [2.24, 2.45) is 0 Å². The van der Waals surface area contributed by atoms with E-state index in [0.29, 0.717) is 17.6 Å². The Bertz CT molecular complexity index is 1020. The highest BCUT2D eigenvalue weighted by Crippen LogP contribution is 2.43. The largest absolute Gasteiger partial charge is 0.457 e. The van der Waals surface area contributed by atoms with Crippen LogP contribution in [-0.2, 0) is 20.9 Å². The first-order valence-corrected chi connectivity index (χ1v) is 10.5. The van der Waals surface area contributed by atoms with Crippen molar-refractivity contribution in [3.05, 3.63) is 92.7 Å². The van der Waals surface area contributed by atoms with Gasteiger partial charge in [0.05, 0.1) is 5.57 Å². The van der Waals surface area contributed by atoms with Crippen molar-refractivity contribution in [2.45, 2.75) is 38.7 Å². The van der Waals surface area contributed by atoms with Crippen molar-refractivity contribution in [1.82, 2.24) is 5.32 Å². The average Bonchev–Trinajstić information content (AvgIpc) is 2.72. The van der Waals surface area contributed by atoms with Crippen LogP contribution in [0.15, 0.2) is 81.6 Å². The fraction of sp³-hybridized carbons (Fsp3) is 0.250. The Balaban J connectivity index is 1.72. The van der Waals surface area contributed by atoms with Crippen LogP contribution in [0, 0.1) is 0 Å². The SMILES string of the molecule is CC1=C(C(=O)OCc2ccccc2)[C@H](c2cccc(Br)c2)C2=C(CCCC2=O)N1. The predicted molar refractivity (Wildman–Crippen MR) is 115 cm³/mol. The number of ketones is 1. The zero-order chi connectivity index (χ0) is 20.4. The average molecular weight is 452 g/mol. The maximum Gasteiger partial charge on any atom is 0.337 e. The summed E-state index contributed by atoms with van der Waals surface area (Å²) in [5.41, 5.74) is 4.73. The summed E-state index contributed by atoms with van der Waals surface area (Å²) in [6, 6.07) is 17.4. The summed E-state index contributed by atoms with van der Waals surface area (Å²) >= 11 is 3.52. The molecule has 1 heterocycles. The van der Waals surface area contributed by atoms with E-state index in [1.807, 2.05) is 61.5 Å². The predicted octanol–water partition coefficient (Wildman–Crippen LogP) is 5.16. The number of carbonyl (C=O) groups excluding carboxylic acids is 2. The van der Waals surface area contributed by atoms with Crippen LogP contribution in [0.25, 0.3) is 0 Å². The summed E-state index contributed by atoms with van der Waals surface area (Å²) in [6.45, 7) is 2.08. The van der Waals surface area contributed by atoms with E-state index in [-0.39, 0.29) is 12.4 Å². The number of benzene rings is 2. The number of esters is 1. The molecule has 1 aliphatic carbocycles. The third kappa shape index (κ3) is 4.06. The second-order valence-electron chi connectivity index (χ2n) is 7.38. The van der Waals surface area contributed by atoms with E-state index < -0.39 is 11.9 Å². The van der Waals surface area contributed by atoms with Crippen LogP contribution in [0.4, 0.5) is 0 Å². The van der Waals surface area contributed by atoms with Crippen LogP contribution in [0.2, 0.25) is 0 Å². The van der Waals surface area contributed by atoms with Crippen molar-refractivity contribution in [2.75, 3.05) is 0 Å². The molecule has 5 heteroatoms. The lowest BCUT2D eigenvalue weighted by Crippen LogP contribution is -2.34. The summed E-state index contributed by atoms with van der Waals surface area (Å²) in [5, 5.41) is 3.32. The van der Waals surface area contributed by atoms with Crippen LogP contribution < -0.4 is 5.32 Å². The number of hydrogen-bond donors (Lipinski definition) is 1. The minimum atomic E-state index is -0.417. The molecule has 0 saturated carbocycles. The number of nitrogens with one attached hydrogen (secondary N) is 1. The molecule has 0 saturated heterocycles. The third-order valence-corrected chi connectivity index (χ3v) is 5.88. The van der Waals surface area contributed by atoms with Crippen molar-refractivity contribution in [3.8, 4) is 0 Å². The number of dihydropyridines is 1. The lowest BCUT2D eigenvalue weighted by atomic mass is 9.75. The first-order chi connectivity index (χ1) is 14.0. The van der Waals surface area contributed by atoms with Gasteiger partial charge < -0.3 is 10.1 Å². The topological polar surface area (TPSA) is 55.4 Å². The molecule has 29 heavy (non-hydrogen) atoms. The first kappa shape index (κ1) is 19.6. The van der Waals surface area contributed by atoms with Gasteiger partial charge in [0.15, 0.2) is 5.78 Å². The fourth-order valence-electron chi connectivity index (χ4n) is 4.07. The van der Waals surface area contributed by atoms with Gasteiger partial charge in [-0.3, -0.25) is 4.79 Å². The Kier molecular flexibility index (Phi) is 5.67. The Hall–Kier alpha value is -2.66. The summed E-state index contributed by atoms with van der Waals surface area (Å²) in [5.74, 6) is -0.710. The highest BCUT2D eigenvalue weighted by atomic mass is 79.9. The summed E-state index contributed by atoms with van der Waals surface area (Å²) < 4.78 is 6.56. The normalized spacial score (nSPS) is 19.0. The monoisotopic (exact) mass is 451 g/mol. The number of hydrogen-bond acceptors (Lipinski definition) is 4. The lowest BCUT2D eigenvalue weighted by Gasteiger charge is -2.34. The summed E-state index contributed by atoms with van der Waals surface area (Å²) in [6.07, 6.45) is 2.16. The molecule has 2 aromatic carbocycles. The van der Waals surface area contributed by atoms with Crippen LogP contribution in [-0.4, -0.2) is 11.8 Å². The summed E-state index contributed by atoms with van der Waals surface area (Å²) in [4.78, 5) is 26.0. The molecule has 4 rings (SSSR count). The van der Waals surface area contributed by atoms with Gasteiger partial charge in [0.1, 0.15) is 6.61 Å². The van der Waals surface area contributed by atoms with Gasteiger partial charge in [-0.05, 0) is 43.0 Å². The molecule has 2 aliphatic rings. The smallest absolute Gasteiger partial charge is 0.337 e. The lowest BCUT2D eigenvalue weighted by molar-refractivity contribution is -0.140. The minimum Gasteiger partial charge on any atom is -0.457 e. The maximum absolute atomic E-state index is 13.2. The van der Waals surface area contributed by atoms with Gasteiger partial charge in [0.2, 0.25) is 0 Å². The van der Waals surface area contributed by atoms with Gasteiger partial charge in [0.25, 0.3) is 0 Å². The van der Waals surface area contributed by atoms with E-state index >= 15 is 0 Å². The second-order valence-corrected chi connectivity index (χ2v) is 8.30. The van der Waals surface area contributed by atoms with E-state index in [0.717, 1.165) is 39.8 Å². The molecule has 0 radical (unpaired) electrons. The molecule has 148 valence electrons. The molecule has 1 aliphatic heterocycles. The van der Waals surface area contributed by atoms with Gasteiger partial charge in [-0.2, -0.15) is 0 Å². The molecule has 4 nitrogen and oxygen atoms in total.